The zero-order chi connectivity index (χ0) is 36.0. The van der Waals surface area contributed by atoms with Crippen molar-refractivity contribution in [2.24, 2.45) is 0 Å². The standard InChI is InChI=1S/C49H28N4S2/c1-3-13-29(14-4-1)47-50-48(30-15-5-2-6-16-30)52-49(51-47)37-27-31-17-7-8-18-33(31)43-36-24-23-32(28-42(36)55-46(37)43)53-38-21-11-9-19-34(38)44-39(53)25-26-41-45(44)35-20-10-12-22-40(35)54-41/h1-28H. The second kappa shape index (κ2) is 11.9. The van der Waals surface area contributed by atoms with Crippen LogP contribution in [0, 0.1) is 0 Å². The van der Waals surface area contributed by atoms with Crippen LogP contribution in [-0.4, -0.2) is 19.5 Å². The molecule has 0 spiro atoms. The Labute approximate surface area is 323 Å². The molecule has 6 heteroatoms. The summed E-state index contributed by atoms with van der Waals surface area (Å²) in [6.07, 6.45) is 0. The molecule has 0 atom stereocenters. The number of aromatic nitrogens is 4. The van der Waals surface area contributed by atoms with E-state index in [-0.39, 0.29) is 0 Å². The number of nitrogens with zero attached hydrogens (tertiary/aromatic N) is 4. The van der Waals surface area contributed by atoms with Crippen LogP contribution in [0.4, 0.5) is 0 Å². The van der Waals surface area contributed by atoms with E-state index in [9.17, 15) is 0 Å². The summed E-state index contributed by atoms with van der Waals surface area (Å²) in [5.74, 6) is 1.99. The molecule has 55 heavy (non-hydrogen) atoms. The van der Waals surface area contributed by atoms with Gasteiger partial charge in [0.1, 0.15) is 0 Å². The van der Waals surface area contributed by atoms with Crippen LogP contribution in [0.15, 0.2) is 170 Å². The van der Waals surface area contributed by atoms with Crippen molar-refractivity contribution in [2.45, 2.75) is 0 Å². The van der Waals surface area contributed by atoms with E-state index in [4.69, 9.17) is 15.0 Å². The minimum Gasteiger partial charge on any atom is -0.309 e. The lowest BCUT2D eigenvalue weighted by Crippen LogP contribution is -2.00. The molecule has 0 bridgehead atoms. The van der Waals surface area contributed by atoms with Crippen LogP contribution in [0.25, 0.3) is 113 Å². The molecule has 0 aliphatic carbocycles. The molecule has 8 aromatic carbocycles. The highest BCUT2D eigenvalue weighted by atomic mass is 32.1. The van der Waals surface area contributed by atoms with Gasteiger partial charge in [-0.2, -0.15) is 0 Å². The molecule has 4 aromatic heterocycles. The van der Waals surface area contributed by atoms with Crippen molar-refractivity contribution < 1.29 is 0 Å². The quantitative estimate of drug-likeness (QED) is 0.181. The Kier molecular flexibility index (Phi) is 6.64. The lowest BCUT2D eigenvalue weighted by Gasteiger charge is -2.11. The fourth-order valence-corrected chi connectivity index (χ4v) is 10.8. The second-order valence-electron chi connectivity index (χ2n) is 14.0. The highest BCUT2D eigenvalue weighted by Crippen LogP contribution is 2.47. The van der Waals surface area contributed by atoms with Crippen molar-refractivity contribution in [3.8, 4) is 39.9 Å². The Morgan fingerprint density at radius 1 is 0.382 bits per heavy atom. The van der Waals surface area contributed by atoms with Crippen LogP contribution in [0.5, 0.6) is 0 Å². The van der Waals surface area contributed by atoms with Crippen molar-refractivity contribution in [2.75, 3.05) is 0 Å². The molecule has 0 aliphatic rings. The van der Waals surface area contributed by atoms with Gasteiger partial charge in [-0.3, -0.25) is 0 Å². The van der Waals surface area contributed by atoms with Crippen LogP contribution >= 0.6 is 22.7 Å². The first-order valence-corrected chi connectivity index (χ1v) is 20.0. The summed E-state index contributed by atoms with van der Waals surface area (Å²) in [5.41, 5.74) is 6.50. The normalized spacial score (nSPS) is 12.0. The van der Waals surface area contributed by atoms with E-state index >= 15 is 0 Å². The third-order valence-electron chi connectivity index (χ3n) is 10.8. The number of benzene rings is 8. The number of hydrogen-bond donors (Lipinski definition) is 0. The predicted octanol–water partition coefficient (Wildman–Crippen LogP) is 13.9. The van der Waals surface area contributed by atoms with Crippen LogP contribution in [0.2, 0.25) is 0 Å². The van der Waals surface area contributed by atoms with Gasteiger partial charge in [0.25, 0.3) is 0 Å². The second-order valence-corrected chi connectivity index (χ2v) is 16.1. The van der Waals surface area contributed by atoms with Gasteiger partial charge in [0.05, 0.1) is 11.0 Å². The maximum absolute atomic E-state index is 5.18. The fraction of sp³-hybridized carbons (Fsp3) is 0. The van der Waals surface area contributed by atoms with E-state index < -0.39 is 0 Å². The van der Waals surface area contributed by atoms with E-state index in [0.717, 1.165) is 27.8 Å². The van der Waals surface area contributed by atoms with Crippen LogP contribution in [0.3, 0.4) is 0 Å². The molecular formula is C49H28N4S2. The summed E-state index contributed by atoms with van der Waals surface area (Å²) in [7, 11) is 0. The van der Waals surface area contributed by atoms with Gasteiger partial charge < -0.3 is 4.57 Å². The smallest absolute Gasteiger partial charge is 0.165 e. The minimum atomic E-state index is 0.660. The molecule has 0 fully saturated rings. The summed E-state index contributed by atoms with van der Waals surface area (Å²) in [6, 6.07) is 60.6. The Morgan fingerprint density at radius 2 is 1.02 bits per heavy atom. The van der Waals surface area contributed by atoms with E-state index in [1.165, 1.54) is 67.5 Å². The van der Waals surface area contributed by atoms with Crippen LogP contribution < -0.4 is 0 Å². The Morgan fingerprint density at radius 3 is 1.80 bits per heavy atom. The monoisotopic (exact) mass is 736 g/mol. The highest BCUT2D eigenvalue weighted by Gasteiger charge is 2.21. The van der Waals surface area contributed by atoms with Gasteiger partial charge in [0.15, 0.2) is 17.5 Å². The molecule has 256 valence electrons. The van der Waals surface area contributed by atoms with E-state index in [0.29, 0.717) is 17.5 Å². The lowest BCUT2D eigenvalue weighted by molar-refractivity contribution is 1.08. The number of fused-ring (bicyclic) bond motifs is 12. The van der Waals surface area contributed by atoms with Gasteiger partial charge in [-0.15, -0.1) is 22.7 Å². The predicted molar refractivity (Wildman–Crippen MR) is 234 cm³/mol. The Bertz CT molecular complexity index is 3430. The fourth-order valence-electron chi connectivity index (χ4n) is 8.40. The Balaban J connectivity index is 1.13. The number of para-hydroxylation sites is 1. The molecule has 12 aromatic rings. The summed E-state index contributed by atoms with van der Waals surface area (Å²) in [5, 5.41) is 10.1. The van der Waals surface area contributed by atoms with E-state index in [1.807, 2.05) is 59.1 Å². The molecule has 0 N–H and O–H groups in total. The number of hydrogen-bond acceptors (Lipinski definition) is 5. The molecule has 0 radical (unpaired) electrons. The van der Waals surface area contributed by atoms with Gasteiger partial charge in [0.2, 0.25) is 0 Å². The van der Waals surface area contributed by atoms with Gasteiger partial charge in [0, 0.05) is 73.5 Å². The van der Waals surface area contributed by atoms with Gasteiger partial charge in [-0.25, -0.2) is 15.0 Å². The molecule has 0 aliphatic heterocycles. The highest BCUT2D eigenvalue weighted by molar-refractivity contribution is 7.26. The van der Waals surface area contributed by atoms with Crippen molar-refractivity contribution in [1.29, 1.82) is 0 Å². The summed E-state index contributed by atoms with van der Waals surface area (Å²) >= 11 is 3.69. The summed E-state index contributed by atoms with van der Waals surface area (Å²) in [6.45, 7) is 0. The first kappa shape index (κ1) is 30.7. The Hall–Kier alpha value is -6.73. The van der Waals surface area contributed by atoms with Gasteiger partial charge in [-0.05, 0) is 53.2 Å². The zero-order valence-corrected chi connectivity index (χ0v) is 30.9. The largest absolute Gasteiger partial charge is 0.309 e. The number of rotatable bonds is 4. The zero-order valence-electron chi connectivity index (χ0n) is 29.3. The van der Waals surface area contributed by atoms with Gasteiger partial charge >= 0.3 is 0 Å². The van der Waals surface area contributed by atoms with Crippen LogP contribution in [-0.2, 0) is 0 Å². The molecule has 4 nitrogen and oxygen atoms in total. The first-order chi connectivity index (χ1) is 27.3. The molecular weight excluding hydrogens is 709 g/mol. The third-order valence-corrected chi connectivity index (χ3v) is 13.1. The number of thiophene rings is 2. The first-order valence-electron chi connectivity index (χ1n) is 18.4. The molecule has 0 saturated carbocycles. The molecule has 12 rings (SSSR count). The topological polar surface area (TPSA) is 43.6 Å². The molecule has 4 heterocycles. The molecule has 0 amide bonds. The van der Waals surface area contributed by atoms with Crippen molar-refractivity contribution in [3.63, 3.8) is 0 Å². The third kappa shape index (κ3) is 4.65. The van der Waals surface area contributed by atoms with Crippen molar-refractivity contribution in [1.82, 2.24) is 19.5 Å². The molecule has 0 saturated heterocycles. The maximum Gasteiger partial charge on any atom is 0.165 e. The summed E-state index contributed by atoms with van der Waals surface area (Å²) in [4.78, 5) is 15.3. The maximum atomic E-state index is 5.18. The summed E-state index contributed by atoms with van der Waals surface area (Å²) < 4.78 is 7.48. The van der Waals surface area contributed by atoms with Crippen molar-refractivity contribution in [3.05, 3.63) is 170 Å². The van der Waals surface area contributed by atoms with E-state index in [2.05, 4.69) is 138 Å². The average Bonchev–Trinajstić information content (AvgIpc) is 3.93. The molecule has 0 unspecified atom stereocenters. The lowest BCUT2D eigenvalue weighted by atomic mass is 10.00. The SMILES string of the molecule is c1ccc(-c2nc(-c3ccccc3)nc(-c3cc4ccccc4c4c3sc3cc(-n5c6ccccc6c6c7c(ccc65)sc5ccccc57)ccc34)n2)cc1. The van der Waals surface area contributed by atoms with E-state index in [1.54, 1.807) is 0 Å². The van der Waals surface area contributed by atoms with Gasteiger partial charge in [-0.1, -0.05) is 127 Å². The van der Waals surface area contributed by atoms with Crippen LogP contribution in [0.1, 0.15) is 0 Å². The van der Waals surface area contributed by atoms with Crippen molar-refractivity contribution >= 4 is 95.6 Å². The average molecular weight is 737 g/mol. The minimum absolute atomic E-state index is 0.660.